The van der Waals surface area contributed by atoms with Crippen LogP contribution in [-0.2, 0) is 10.0 Å². The summed E-state index contributed by atoms with van der Waals surface area (Å²) in [6.45, 7) is 5.34. The third-order valence-corrected chi connectivity index (χ3v) is 4.84. The predicted molar refractivity (Wildman–Crippen MR) is 88.9 cm³/mol. The monoisotopic (exact) mass is 333 g/mol. The lowest BCUT2D eigenvalue weighted by Gasteiger charge is -2.20. The van der Waals surface area contributed by atoms with Crippen LogP contribution >= 0.6 is 0 Å². The van der Waals surface area contributed by atoms with E-state index in [1.54, 1.807) is 45.0 Å². The smallest absolute Gasteiger partial charge is 0.335 e. The number of rotatable bonds is 4. The fourth-order valence-corrected chi connectivity index (χ4v) is 3.51. The fourth-order valence-electron chi connectivity index (χ4n) is 2.09. The van der Waals surface area contributed by atoms with E-state index < -0.39 is 21.5 Å². The van der Waals surface area contributed by atoms with Gasteiger partial charge in [-0.25, -0.2) is 17.9 Å². The molecule has 0 aliphatic carbocycles. The SMILES string of the molecule is CC(C)(C)NS(=O)(=O)c1ccc(-c2ccc(C(=O)O)cc2)cc1. The van der Waals surface area contributed by atoms with E-state index in [0.29, 0.717) is 0 Å². The molecule has 122 valence electrons. The van der Waals surface area contributed by atoms with Crippen molar-refractivity contribution in [3.05, 3.63) is 54.1 Å². The molecule has 2 aromatic rings. The van der Waals surface area contributed by atoms with Gasteiger partial charge in [-0.3, -0.25) is 0 Å². The van der Waals surface area contributed by atoms with Crippen molar-refractivity contribution in [2.45, 2.75) is 31.2 Å². The number of benzene rings is 2. The van der Waals surface area contributed by atoms with E-state index in [1.807, 2.05) is 0 Å². The van der Waals surface area contributed by atoms with Crippen molar-refractivity contribution in [2.75, 3.05) is 0 Å². The van der Waals surface area contributed by atoms with Gasteiger partial charge in [0.2, 0.25) is 10.0 Å². The van der Waals surface area contributed by atoms with Crippen molar-refractivity contribution in [2.24, 2.45) is 0 Å². The summed E-state index contributed by atoms with van der Waals surface area (Å²) in [6, 6.07) is 12.9. The summed E-state index contributed by atoms with van der Waals surface area (Å²) in [7, 11) is -3.56. The average Bonchev–Trinajstić information content (AvgIpc) is 2.45. The lowest BCUT2D eigenvalue weighted by atomic mass is 10.0. The quantitative estimate of drug-likeness (QED) is 0.900. The molecule has 2 N–H and O–H groups in total. The number of carbonyl (C=O) groups is 1. The van der Waals surface area contributed by atoms with E-state index in [0.717, 1.165) is 11.1 Å². The number of carboxylic acids is 1. The van der Waals surface area contributed by atoms with E-state index in [9.17, 15) is 13.2 Å². The Balaban J connectivity index is 2.27. The molecule has 0 atom stereocenters. The molecule has 2 rings (SSSR count). The van der Waals surface area contributed by atoms with Crippen molar-refractivity contribution in [1.29, 1.82) is 0 Å². The topological polar surface area (TPSA) is 83.5 Å². The first kappa shape index (κ1) is 17.2. The molecule has 0 bridgehead atoms. The molecule has 0 spiro atoms. The van der Waals surface area contributed by atoms with Crippen LogP contribution in [0.15, 0.2) is 53.4 Å². The van der Waals surface area contributed by atoms with Crippen LogP contribution in [-0.4, -0.2) is 25.0 Å². The lowest BCUT2D eigenvalue weighted by molar-refractivity contribution is 0.0697. The molecule has 0 radical (unpaired) electrons. The normalized spacial score (nSPS) is 12.1. The standard InChI is InChI=1S/C17H19NO4S/c1-17(2,3)18-23(21,22)15-10-8-13(9-11-15)12-4-6-14(7-5-12)16(19)20/h4-11,18H,1-3H3,(H,19,20). The van der Waals surface area contributed by atoms with Crippen LogP contribution in [0.25, 0.3) is 11.1 Å². The van der Waals surface area contributed by atoms with Crippen LogP contribution in [0.3, 0.4) is 0 Å². The van der Waals surface area contributed by atoms with Gasteiger partial charge in [0.05, 0.1) is 10.5 Å². The molecule has 0 amide bonds. The maximum absolute atomic E-state index is 12.2. The molecule has 0 unspecified atom stereocenters. The first-order valence-corrected chi connectivity index (χ1v) is 8.55. The lowest BCUT2D eigenvalue weighted by Crippen LogP contribution is -2.40. The Bertz CT molecular complexity index is 801. The van der Waals surface area contributed by atoms with Gasteiger partial charge < -0.3 is 5.11 Å². The highest BCUT2D eigenvalue weighted by molar-refractivity contribution is 7.89. The van der Waals surface area contributed by atoms with Gasteiger partial charge in [0.15, 0.2) is 0 Å². The summed E-state index contributed by atoms with van der Waals surface area (Å²) in [6.07, 6.45) is 0. The van der Waals surface area contributed by atoms with E-state index in [2.05, 4.69) is 4.72 Å². The third-order valence-electron chi connectivity index (χ3n) is 3.07. The van der Waals surface area contributed by atoms with E-state index >= 15 is 0 Å². The molecule has 0 fully saturated rings. The molecule has 5 nitrogen and oxygen atoms in total. The van der Waals surface area contributed by atoms with Crippen LogP contribution in [0.4, 0.5) is 0 Å². The van der Waals surface area contributed by atoms with Gasteiger partial charge in [0.1, 0.15) is 0 Å². The van der Waals surface area contributed by atoms with Crippen LogP contribution in [0.2, 0.25) is 0 Å². The molecular weight excluding hydrogens is 314 g/mol. The third kappa shape index (κ3) is 4.40. The minimum Gasteiger partial charge on any atom is -0.478 e. The average molecular weight is 333 g/mol. The van der Waals surface area contributed by atoms with Crippen molar-refractivity contribution in [3.63, 3.8) is 0 Å². The first-order valence-electron chi connectivity index (χ1n) is 7.06. The van der Waals surface area contributed by atoms with Crippen molar-refractivity contribution < 1.29 is 18.3 Å². The zero-order chi connectivity index (χ0) is 17.3. The summed E-state index contributed by atoms with van der Waals surface area (Å²) in [5.41, 5.74) is 1.30. The van der Waals surface area contributed by atoms with Crippen LogP contribution in [0, 0.1) is 0 Å². The van der Waals surface area contributed by atoms with Crippen LogP contribution < -0.4 is 4.72 Å². The highest BCUT2D eigenvalue weighted by Gasteiger charge is 2.21. The van der Waals surface area contributed by atoms with Gasteiger partial charge in [-0.1, -0.05) is 24.3 Å². The van der Waals surface area contributed by atoms with Crippen molar-refractivity contribution >= 4 is 16.0 Å². The largest absolute Gasteiger partial charge is 0.478 e. The molecule has 2 aromatic carbocycles. The first-order chi connectivity index (χ1) is 10.6. The highest BCUT2D eigenvalue weighted by Crippen LogP contribution is 2.22. The van der Waals surface area contributed by atoms with E-state index in [4.69, 9.17) is 5.11 Å². The summed E-state index contributed by atoms with van der Waals surface area (Å²) in [5, 5.41) is 8.89. The minimum atomic E-state index is -3.56. The Kier molecular flexibility index (Phi) is 4.58. The Morgan fingerprint density at radius 2 is 1.35 bits per heavy atom. The Morgan fingerprint density at radius 1 is 0.913 bits per heavy atom. The molecule has 0 saturated carbocycles. The molecule has 6 heteroatoms. The van der Waals surface area contributed by atoms with Gasteiger partial charge >= 0.3 is 5.97 Å². The zero-order valence-corrected chi connectivity index (χ0v) is 14.0. The summed E-state index contributed by atoms with van der Waals surface area (Å²) in [4.78, 5) is 11.0. The number of hydrogen-bond acceptors (Lipinski definition) is 3. The van der Waals surface area contributed by atoms with Crippen LogP contribution in [0.1, 0.15) is 31.1 Å². The maximum atomic E-state index is 12.2. The molecule has 0 aromatic heterocycles. The zero-order valence-electron chi connectivity index (χ0n) is 13.2. The van der Waals surface area contributed by atoms with Gasteiger partial charge in [0.25, 0.3) is 0 Å². The second-order valence-corrected chi connectivity index (χ2v) is 7.94. The number of aromatic carboxylic acids is 1. The Hall–Kier alpha value is -2.18. The molecule has 0 saturated heterocycles. The Morgan fingerprint density at radius 3 is 1.74 bits per heavy atom. The Labute approximate surface area is 136 Å². The summed E-state index contributed by atoms with van der Waals surface area (Å²) in [5.74, 6) is -0.980. The van der Waals surface area contributed by atoms with E-state index in [1.165, 1.54) is 24.3 Å². The number of hydrogen-bond donors (Lipinski definition) is 2. The number of carboxylic acid groups (broad SMARTS) is 1. The second-order valence-electron chi connectivity index (χ2n) is 6.26. The second kappa shape index (κ2) is 6.14. The van der Waals surface area contributed by atoms with E-state index in [-0.39, 0.29) is 10.5 Å². The van der Waals surface area contributed by atoms with Crippen LogP contribution in [0.5, 0.6) is 0 Å². The molecule has 0 aliphatic heterocycles. The molecule has 23 heavy (non-hydrogen) atoms. The summed E-state index contributed by atoms with van der Waals surface area (Å²) < 4.78 is 27.1. The van der Waals surface area contributed by atoms with Crippen molar-refractivity contribution in [1.82, 2.24) is 4.72 Å². The number of sulfonamides is 1. The number of nitrogens with one attached hydrogen (secondary N) is 1. The highest BCUT2D eigenvalue weighted by atomic mass is 32.2. The summed E-state index contributed by atoms with van der Waals surface area (Å²) >= 11 is 0. The predicted octanol–water partition coefficient (Wildman–Crippen LogP) is 3.13. The molecule has 0 aliphatic rings. The van der Waals surface area contributed by atoms with Gasteiger partial charge in [-0.05, 0) is 56.2 Å². The van der Waals surface area contributed by atoms with Gasteiger partial charge in [-0.2, -0.15) is 0 Å². The minimum absolute atomic E-state index is 0.193. The van der Waals surface area contributed by atoms with Gasteiger partial charge in [0, 0.05) is 5.54 Å². The molecular formula is C17H19NO4S. The maximum Gasteiger partial charge on any atom is 0.335 e. The fraction of sp³-hybridized carbons (Fsp3) is 0.235. The molecule has 0 heterocycles. The van der Waals surface area contributed by atoms with Gasteiger partial charge in [-0.15, -0.1) is 0 Å². The van der Waals surface area contributed by atoms with Crippen molar-refractivity contribution in [3.8, 4) is 11.1 Å².